The summed E-state index contributed by atoms with van der Waals surface area (Å²) in [5.41, 5.74) is 0.0990. The molecule has 1 N–H and O–H groups in total. The molecule has 1 aromatic rings. The minimum absolute atomic E-state index is 0.00304. The number of benzene rings is 1. The number of alkyl halides is 2. The van der Waals surface area contributed by atoms with E-state index in [-0.39, 0.29) is 17.4 Å². The van der Waals surface area contributed by atoms with Gasteiger partial charge in [-0.3, -0.25) is 9.59 Å². The fourth-order valence-corrected chi connectivity index (χ4v) is 2.74. The Morgan fingerprint density at radius 2 is 1.79 bits per heavy atom. The zero-order valence-electron chi connectivity index (χ0n) is 13.0. The predicted octanol–water partition coefficient (Wildman–Crippen LogP) is 3.06. The largest absolute Gasteiger partial charge is 0.435 e. The Kier molecular flexibility index (Phi) is 6.24. The Balaban J connectivity index is 2.02. The molecule has 1 aliphatic rings. The first kappa shape index (κ1) is 17.9. The number of amides is 1. The molecule has 0 spiro atoms. The number of rotatable bonds is 6. The van der Waals surface area contributed by atoms with E-state index < -0.39 is 24.2 Å². The number of Topliss-reactive ketones (excluding diaryl/α,β-unsaturated/α-hetero) is 1. The lowest BCUT2D eigenvalue weighted by atomic mass is 9.93. The Morgan fingerprint density at radius 1 is 1.17 bits per heavy atom. The minimum atomic E-state index is -2.96. The van der Waals surface area contributed by atoms with Gasteiger partial charge in [-0.2, -0.15) is 14.0 Å². The van der Waals surface area contributed by atoms with Crippen molar-refractivity contribution in [1.29, 1.82) is 5.26 Å². The van der Waals surface area contributed by atoms with Gasteiger partial charge >= 0.3 is 6.61 Å². The van der Waals surface area contributed by atoms with Crippen molar-refractivity contribution in [2.75, 3.05) is 0 Å². The molecular formula is C17H18F2N2O3. The molecule has 0 aliphatic heterocycles. The van der Waals surface area contributed by atoms with E-state index in [9.17, 15) is 23.6 Å². The average molecular weight is 336 g/mol. The molecule has 128 valence electrons. The van der Waals surface area contributed by atoms with Gasteiger partial charge < -0.3 is 10.1 Å². The molecule has 1 aromatic carbocycles. The summed E-state index contributed by atoms with van der Waals surface area (Å²) in [6.45, 7) is -2.96. The van der Waals surface area contributed by atoms with Gasteiger partial charge in [-0.1, -0.05) is 19.3 Å². The molecule has 0 saturated heterocycles. The highest BCUT2D eigenvalue weighted by Gasteiger charge is 2.29. The van der Waals surface area contributed by atoms with Crippen LogP contribution in [0.5, 0.6) is 5.75 Å². The summed E-state index contributed by atoms with van der Waals surface area (Å²) < 4.78 is 28.4. The summed E-state index contributed by atoms with van der Waals surface area (Å²) in [7, 11) is 0. The molecule has 5 nitrogen and oxygen atoms in total. The number of carbonyl (C=O) groups excluding carboxylic acids is 2. The third-order valence-corrected chi connectivity index (χ3v) is 3.97. The fourth-order valence-electron chi connectivity index (χ4n) is 2.74. The molecule has 0 bridgehead atoms. The highest BCUT2D eigenvalue weighted by molar-refractivity contribution is 6.12. The van der Waals surface area contributed by atoms with Crippen LogP contribution in [0.4, 0.5) is 8.78 Å². The van der Waals surface area contributed by atoms with Crippen molar-refractivity contribution in [1.82, 2.24) is 5.32 Å². The molecule has 0 aromatic heterocycles. The lowest BCUT2D eigenvalue weighted by Gasteiger charge is -2.23. The van der Waals surface area contributed by atoms with Crippen LogP contribution in [0, 0.1) is 17.2 Å². The van der Waals surface area contributed by atoms with Gasteiger partial charge in [-0.25, -0.2) is 0 Å². The van der Waals surface area contributed by atoms with E-state index in [1.165, 1.54) is 24.3 Å². The van der Waals surface area contributed by atoms with Crippen molar-refractivity contribution in [2.45, 2.75) is 44.8 Å². The molecule has 1 amide bonds. The fraction of sp³-hybridized carbons (Fsp3) is 0.471. The van der Waals surface area contributed by atoms with Gasteiger partial charge in [0.25, 0.3) is 0 Å². The van der Waals surface area contributed by atoms with Crippen molar-refractivity contribution >= 4 is 11.7 Å². The number of ketones is 1. The molecule has 1 aliphatic carbocycles. The van der Waals surface area contributed by atoms with Crippen molar-refractivity contribution < 1.29 is 23.1 Å². The summed E-state index contributed by atoms with van der Waals surface area (Å²) in [5, 5.41) is 11.9. The first-order chi connectivity index (χ1) is 11.5. The molecule has 2 rings (SSSR count). The van der Waals surface area contributed by atoms with Crippen LogP contribution in [0.1, 0.15) is 42.5 Å². The Bertz CT molecular complexity index is 620. The van der Waals surface area contributed by atoms with E-state index in [0.717, 1.165) is 32.1 Å². The van der Waals surface area contributed by atoms with E-state index in [1.807, 2.05) is 0 Å². The molecule has 1 saturated carbocycles. The zero-order chi connectivity index (χ0) is 17.5. The number of nitriles is 1. The monoisotopic (exact) mass is 336 g/mol. The van der Waals surface area contributed by atoms with E-state index in [4.69, 9.17) is 0 Å². The quantitative estimate of drug-likeness (QED) is 0.639. The number of hydrogen-bond acceptors (Lipinski definition) is 4. The van der Waals surface area contributed by atoms with Gasteiger partial charge in [0.1, 0.15) is 5.75 Å². The second-order valence-electron chi connectivity index (χ2n) is 5.67. The number of hydrogen-bond donors (Lipinski definition) is 1. The van der Waals surface area contributed by atoms with Crippen LogP contribution < -0.4 is 10.1 Å². The second-order valence-corrected chi connectivity index (χ2v) is 5.67. The standard InChI is InChI=1S/C17H18F2N2O3/c18-17(19)24-13-8-6-11(7-9-13)15(22)14(10-20)16(23)21-12-4-2-1-3-5-12/h6-9,12,14,17H,1-5H2,(H,21,23). The molecular weight excluding hydrogens is 318 g/mol. The van der Waals surface area contributed by atoms with Crippen LogP contribution in [0.15, 0.2) is 24.3 Å². The average Bonchev–Trinajstić information content (AvgIpc) is 2.56. The van der Waals surface area contributed by atoms with Crippen molar-refractivity contribution in [3.63, 3.8) is 0 Å². The molecule has 0 heterocycles. The molecule has 1 atom stereocenters. The van der Waals surface area contributed by atoms with Crippen molar-refractivity contribution in [2.24, 2.45) is 5.92 Å². The summed E-state index contributed by atoms with van der Waals surface area (Å²) in [6.07, 6.45) is 4.85. The van der Waals surface area contributed by atoms with Crippen LogP contribution in [0.2, 0.25) is 0 Å². The summed E-state index contributed by atoms with van der Waals surface area (Å²) in [4.78, 5) is 24.5. The molecule has 24 heavy (non-hydrogen) atoms. The van der Waals surface area contributed by atoms with Crippen LogP contribution in [0.25, 0.3) is 0 Å². The molecule has 1 fully saturated rings. The normalized spacial score (nSPS) is 16.2. The number of carbonyl (C=O) groups is 2. The highest BCUT2D eigenvalue weighted by Crippen LogP contribution is 2.20. The van der Waals surface area contributed by atoms with Gasteiger partial charge in [0, 0.05) is 11.6 Å². The van der Waals surface area contributed by atoms with Crippen LogP contribution in [0.3, 0.4) is 0 Å². The summed E-state index contributed by atoms with van der Waals surface area (Å²) in [5.74, 6) is -2.81. The Hall–Kier alpha value is -2.49. The number of ether oxygens (including phenoxy) is 1. The smallest absolute Gasteiger partial charge is 0.387 e. The maximum atomic E-state index is 12.3. The third-order valence-electron chi connectivity index (χ3n) is 3.97. The third kappa shape index (κ3) is 4.75. The zero-order valence-corrected chi connectivity index (χ0v) is 13.0. The maximum absolute atomic E-state index is 12.3. The number of halogens is 2. The first-order valence-electron chi connectivity index (χ1n) is 7.80. The van der Waals surface area contributed by atoms with Gasteiger partial charge in [0.2, 0.25) is 5.91 Å². The first-order valence-corrected chi connectivity index (χ1v) is 7.80. The van der Waals surface area contributed by atoms with Crippen LogP contribution >= 0.6 is 0 Å². The van der Waals surface area contributed by atoms with Crippen molar-refractivity contribution in [3.05, 3.63) is 29.8 Å². The van der Waals surface area contributed by atoms with E-state index >= 15 is 0 Å². The van der Waals surface area contributed by atoms with E-state index in [0.29, 0.717) is 0 Å². The number of nitrogens with one attached hydrogen (secondary N) is 1. The molecule has 7 heteroatoms. The second kappa shape index (κ2) is 8.39. The summed E-state index contributed by atoms with van der Waals surface area (Å²) >= 11 is 0. The van der Waals surface area contributed by atoms with Gasteiger partial charge in [0.15, 0.2) is 11.7 Å². The van der Waals surface area contributed by atoms with Crippen LogP contribution in [-0.4, -0.2) is 24.3 Å². The molecule has 0 radical (unpaired) electrons. The van der Waals surface area contributed by atoms with Gasteiger partial charge in [-0.15, -0.1) is 0 Å². The summed E-state index contributed by atoms with van der Waals surface area (Å²) in [6, 6.07) is 6.65. The Morgan fingerprint density at radius 3 is 2.33 bits per heavy atom. The minimum Gasteiger partial charge on any atom is -0.435 e. The predicted molar refractivity (Wildman–Crippen MR) is 81.5 cm³/mol. The lowest BCUT2D eigenvalue weighted by Crippen LogP contribution is -2.42. The molecule has 1 unspecified atom stereocenters. The van der Waals surface area contributed by atoms with Crippen LogP contribution in [-0.2, 0) is 4.79 Å². The van der Waals surface area contributed by atoms with Gasteiger partial charge in [0.05, 0.1) is 6.07 Å². The van der Waals surface area contributed by atoms with E-state index in [1.54, 1.807) is 6.07 Å². The van der Waals surface area contributed by atoms with Gasteiger partial charge in [-0.05, 0) is 37.1 Å². The topological polar surface area (TPSA) is 79.2 Å². The van der Waals surface area contributed by atoms with E-state index in [2.05, 4.69) is 10.1 Å². The maximum Gasteiger partial charge on any atom is 0.387 e. The Labute approximate surface area is 138 Å². The SMILES string of the molecule is N#CC(C(=O)NC1CCCCC1)C(=O)c1ccc(OC(F)F)cc1. The lowest BCUT2D eigenvalue weighted by molar-refractivity contribution is -0.123. The van der Waals surface area contributed by atoms with Crippen molar-refractivity contribution in [3.8, 4) is 11.8 Å². The number of nitrogens with zero attached hydrogens (tertiary/aromatic N) is 1. The highest BCUT2D eigenvalue weighted by atomic mass is 19.3.